The molecule has 0 saturated carbocycles. The largest absolute Gasteiger partial charge is 0.346 e. The highest BCUT2D eigenvalue weighted by atomic mass is 32.1. The molecule has 1 aromatic heterocycles. The van der Waals surface area contributed by atoms with Crippen molar-refractivity contribution in [1.29, 1.82) is 0 Å². The fourth-order valence-electron chi connectivity index (χ4n) is 1.41. The fourth-order valence-corrected chi connectivity index (χ4v) is 1.57. The monoisotopic (exact) mass is 220 g/mol. The molecular formula is C11H9FN2S. The van der Waals surface area contributed by atoms with Gasteiger partial charge >= 0.3 is 0 Å². The maximum Gasteiger partial charge on any atom is 0.132 e. The Bertz CT molecular complexity index is 548. The number of H-pyrrole nitrogens is 1. The SMILES string of the molecule is Cc1c(-c2cccc(F)c2)[nH]cnc1=S. The van der Waals surface area contributed by atoms with Gasteiger partial charge in [0.2, 0.25) is 0 Å². The van der Waals surface area contributed by atoms with Crippen molar-refractivity contribution >= 4 is 12.2 Å². The number of halogens is 1. The smallest absolute Gasteiger partial charge is 0.132 e. The van der Waals surface area contributed by atoms with E-state index in [9.17, 15) is 4.39 Å². The zero-order valence-corrected chi connectivity index (χ0v) is 8.94. The molecule has 0 aliphatic rings. The predicted molar refractivity (Wildman–Crippen MR) is 59.6 cm³/mol. The number of aromatic amines is 1. The van der Waals surface area contributed by atoms with Crippen molar-refractivity contribution in [3.05, 3.63) is 46.6 Å². The predicted octanol–water partition coefficient (Wildman–Crippen LogP) is 3.25. The zero-order chi connectivity index (χ0) is 10.8. The maximum absolute atomic E-state index is 13.0. The summed E-state index contributed by atoms with van der Waals surface area (Å²) in [5.41, 5.74) is 2.45. The van der Waals surface area contributed by atoms with E-state index < -0.39 is 0 Å². The molecule has 0 bridgehead atoms. The minimum atomic E-state index is -0.261. The van der Waals surface area contributed by atoms with Crippen molar-refractivity contribution in [2.75, 3.05) is 0 Å². The average Bonchev–Trinajstić information content (AvgIpc) is 2.22. The van der Waals surface area contributed by atoms with Gasteiger partial charge in [0, 0.05) is 11.1 Å². The van der Waals surface area contributed by atoms with Crippen molar-refractivity contribution in [2.24, 2.45) is 0 Å². The highest BCUT2D eigenvalue weighted by Crippen LogP contribution is 2.20. The zero-order valence-electron chi connectivity index (χ0n) is 8.12. The molecule has 1 N–H and O–H groups in total. The third-order valence-corrected chi connectivity index (χ3v) is 2.61. The summed E-state index contributed by atoms with van der Waals surface area (Å²) in [5.74, 6) is -0.261. The van der Waals surface area contributed by atoms with E-state index in [1.54, 1.807) is 6.07 Å². The third kappa shape index (κ3) is 1.94. The Morgan fingerprint density at radius 3 is 2.93 bits per heavy atom. The van der Waals surface area contributed by atoms with Crippen LogP contribution in [0.2, 0.25) is 0 Å². The summed E-state index contributed by atoms with van der Waals surface area (Å²) in [6.07, 6.45) is 1.52. The molecule has 15 heavy (non-hydrogen) atoms. The van der Waals surface area contributed by atoms with Crippen LogP contribution >= 0.6 is 12.2 Å². The number of nitrogens with one attached hydrogen (secondary N) is 1. The Balaban J connectivity index is 2.64. The number of hydrogen-bond donors (Lipinski definition) is 1. The Kier molecular flexibility index (Phi) is 2.60. The topological polar surface area (TPSA) is 28.7 Å². The van der Waals surface area contributed by atoms with Crippen molar-refractivity contribution in [1.82, 2.24) is 9.97 Å². The molecule has 0 aliphatic carbocycles. The lowest BCUT2D eigenvalue weighted by Gasteiger charge is -2.05. The van der Waals surface area contributed by atoms with Gasteiger partial charge < -0.3 is 4.98 Å². The summed E-state index contributed by atoms with van der Waals surface area (Å²) in [4.78, 5) is 6.93. The van der Waals surface area contributed by atoms with Crippen molar-refractivity contribution in [2.45, 2.75) is 6.92 Å². The van der Waals surface area contributed by atoms with Crippen LogP contribution in [0, 0.1) is 17.4 Å². The first-order valence-corrected chi connectivity index (χ1v) is 4.89. The molecule has 76 valence electrons. The molecule has 1 aromatic carbocycles. The molecule has 4 heteroatoms. The van der Waals surface area contributed by atoms with Crippen molar-refractivity contribution in [3.8, 4) is 11.3 Å². The molecule has 2 rings (SSSR count). The van der Waals surface area contributed by atoms with Crippen molar-refractivity contribution < 1.29 is 4.39 Å². The van der Waals surface area contributed by atoms with Gasteiger partial charge in [-0.05, 0) is 19.1 Å². The Morgan fingerprint density at radius 2 is 2.20 bits per heavy atom. The van der Waals surface area contributed by atoms with E-state index in [0.29, 0.717) is 4.64 Å². The third-order valence-electron chi connectivity index (χ3n) is 2.20. The van der Waals surface area contributed by atoms with Gasteiger partial charge in [-0.2, -0.15) is 0 Å². The quantitative estimate of drug-likeness (QED) is 0.747. The Labute approximate surface area is 91.8 Å². The van der Waals surface area contributed by atoms with Crippen LogP contribution in [0.3, 0.4) is 0 Å². The van der Waals surface area contributed by atoms with Gasteiger partial charge in [-0.1, -0.05) is 24.4 Å². The van der Waals surface area contributed by atoms with Crippen LogP contribution in [0.15, 0.2) is 30.6 Å². The van der Waals surface area contributed by atoms with E-state index >= 15 is 0 Å². The number of nitrogens with zero attached hydrogens (tertiary/aromatic N) is 1. The number of benzene rings is 1. The summed E-state index contributed by atoms with van der Waals surface area (Å²) >= 11 is 5.05. The van der Waals surface area contributed by atoms with Gasteiger partial charge in [-0.3, -0.25) is 0 Å². The van der Waals surface area contributed by atoms with Gasteiger partial charge in [0.1, 0.15) is 10.5 Å². The molecule has 0 amide bonds. The van der Waals surface area contributed by atoms with Gasteiger partial charge in [-0.15, -0.1) is 0 Å². The standard InChI is InChI=1S/C11H9FN2S/c1-7-10(13-6-14-11(7)15)8-3-2-4-9(12)5-8/h2-6H,1H3,(H,13,14,15). The fraction of sp³-hybridized carbons (Fsp3) is 0.0909. The van der Waals surface area contributed by atoms with E-state index in [4.69, 9.17) is 12.2 Å². The first-order valence-electron chi connectivity index (χ1n) is 4.48. The van der Waals surface area contributed by atoms with Crippen LogP contribution in [0.4, 0.5) is 4.39 Å². The summed E-state index contributed by atoms with van der Waals surface area (Å²) in [5, 5.41) is 0. The summed E-state index contributed by atoms with van der Waals surface area (Å²) < 4.78 is 13.6. The first-order chi connectivity index (χ1) is 7.18. The lowest BCUT2D eigenvalue weighted by Crippen LogP contribution is -1.91. The number of aromatic nitrogens is 2. The van der Waals surface area contributed by atoms with Crippen LogP contribution in [0.5, 0.6) is 0 Å². The van der Waals surface area contributed by atoms with Crippen molar-refractivity contribution in [3.63, 3.8) is 0 Å². The maximum atomic E-state index is 13.0. The van der Waals surface area contributed by atoms with E-state index in [-0.39, 0.29) is 5.82 Å². The normalized spacial score (nSPS) is 10.3. The molecule has 2 aromatic rings. The average molecular weight is 220 g/mol. The highest BCUT2D eigenvalue weighted by molar-refractivity contribution is 7.71. The minimum Gasteiger partial charge on any atom is -0.346 e. The molecule has 0 radical (unpaired) electrons. The van der Waals surface area contributed by atoms with Crippen LogP contribution in [-0.4, -0.2) is 9.97 Å². The van der Waals surface area contributed by atoms with E-state index in [2.05, 4.69) is 9.97 Å². The van der Waals surface area contributed by atoms with Gasteiger partial charge in [0.15, 0.2) is 0 Å². The molecule has 0 aliphatic heterocycles. The molecule has 0 saturated heterocycles. The minimum absolute atomic E-state index is 0.261. The lowest BCUT2D eigenvalue weighted by molar-refractivity contribution is 0.628. The molecule has 0 unspecified atom stereocenters. The van der Waals surface area contributed by atoms with E-state index in [1.807, 2.05) is 13.0 Å². The molecular weight excluding hydrogens is 211 g/mol. The van der Waals surface area contributed by atoms with Gasteiger partial charge in [0.25, 0.3) is 0 Å². The number of rotatable bonds is 1. The first kappa shape index (κ1) is 9.98. The van der Waals surface area contributed by atoms with Crippen LogP contribution in [0.1, 0.15) is 5.56 Å². The van der Waals surface area contributed by atoms with E-state index in [0.717, 1.165) is 16.8 Å². The summed E-state index contributed by atoms with van der Waals surface area (Å²) in [7, 11) is 0. The second-order valence-electron chi connectivity index (χ2n) is 3.22. The van der Waals surface area contributed by atoms with Crippen LogP contribution in [-0.2, 0) is 0 Å². The van der Waals surface area contributed by atoms with Crippen LogP contribution in [0.25, 0.3) is 11.3 Å². The molecule has 1 heterocycles. The van der Waals surface area contributed by atoms with Gasteiger partial charge in [-0.25, -0.2) is 9.37 Å². The van der Waals surface area contributed by atoms with Gasteiger partial charge in [0.05, 0.1) is 12.0 Å². The second kappa shape index (κ2) is 3.90. The Morgan fingerprint density at radius 1 is 1.40 bits per heavy atom. The Hall–Kier alpha value is -1.55. The second-order valence-corrected chi connectivity index (χ2v) is 3.60. The highest BCUT2D eigenvalue weighted by Gasteiger charge is 2.04. The molecule has 0 spiro atoms. The molecule has 2 nitrogen and oxygen atoms in total. The summed E-state index contributed by atoms with van der Waals surface area (Å²) in [6, 6.07) is 6.38. The molecule has 0 atom stereocenters. The lowest BCUT2D eigenvalue weighted by atomic mass is 10.1. The number of hydrogen-bond acceptors (Lipinski definition) is 2. The van der Waals surface area contributed by atoms with Crippen LogP contribution < -0.4 is 0 Å². The summed E-state index contributed by atoms with van der Waals surface area (Å²) in [6.45, 7) is 1.87. The molecule has 0 fully saturated rings. The van der Waals surface area contributed by atoms with E-state index in [1.165, 1.54) is 18.5 Å².